The van der Waals surface area contributed by atoms with Crippen LogP contribution in [0.15, 0.2) is 48.5 Å². The second kappa shape index (κ2) is 8.83. The Kier molecular flexibility index (Phi) is 6.24. The topological polar surface area (TPSA) is 57.7 Å². The van der Waals surface area contributed by atoms with E-state index < -0.39 is 0 Å². The molecule has 2 aromatic rings. The van der Waals surface area contributed by atoms with Crippen LogP contribution in [-0.2, 0) is 4.79 Å². The van der Waals surface area contributed by atoms with Crippen LogP contribution in [-0.4, -0.2) is 53.6 Å². The first kappa shape index (κ1) is 19.8. The molecule has 0 radical (unpaired) electrons. The van der Waals surface area contributed by atoms with Crippen molar-refractivity contribution in [2.24, 2.45) is 0 Å². The highest BCUT2D eigenvalue weighted by Gasteiger charge is 2.25. The quantitative estimate of drug-likeness (QED) is 0.751. The summed E-state index contributed by atoms with van der Waals surface area (Å²) in [5, 5.41) is 0. The second-order valence-electron chi connectivity index (χ2n) is 7.28. The van der Waals surface area contributed by atoms with Crippen molar-refractivity contribution in [1.29, 1.82) is 0 Å². The number of amides is 2. The summed E-state index contributed by atoms with van der Waals surface area (Å²) in [6, 6.07) is 15.0. The Morgan fingerprint density at radius 2 is 1.50 bits per heavy atom. The second-order valence-corrected chi connectivity index (χ2v) is 7.28. The number of hydrogen-bond acceptors (Lipinski definition) is 3. The van der Waals surface area contributed by atoms with Crippen molar-refractivity contribution in [1.82, 2.24) is 9.80 Å². The highest BCUT2D eigenvalue weighted by atomic mass is 16.2. The molecule has 5 nitrogen and oxygen atoms in total. The number of nitrogens with zero attached hydrogens (tertiary/aromatic N) is 2. The summed E-state index contributed by atoms with van der Waals surface area (Å²) < 4.78 is 0. The van der Waals surface area contributed by atoms with Crippen LogP contribution in [0.5, 0.6) is 0 Å². The normalized spacial score (nSPS) is 14.1. The molecule has 0 aliphatic carbocycles. The van der Waals surface area contributed by atoms with Crippen LogP contribution in [0.25, 0.3) is 0 Å². The highest BCUT2D eigenvalue weighted by Crippen LogP contribution is 2.14. The average molecular weight is 378 g/mol. The smallest absolute Gasteiger partial charge is 0.253 e. The Morgan fingerprint density at radius 3 is 2.18 bits per heavy atom. The number of ketones is 1. The number of aryl methyl sites for hydroxylation is 2. The van der Waals surface area contributed by atoms with Crippen LogP contribution in [0.1, 0.15) is 44.7 Å². The molecule has 28 heavy (non-hydrogen) atoms. The molecule has 0 aromatic heterocycles. The van der Waals surface area contributed by atoms with Gasteiger partial charge in [0.1, 0.15) is 0 Å². The van der Waals surface area contributed by atoms with E-state index in [1.807, 2.05) is 56.3 Å². The van der Waals surface area contributed by atoms with Gasteiger partial charge in [0.15, 0.2) is 5.78 Å². The summed E-state index contributed by atoms with van der Waals surface area (Å²) in [6.45, 7) is 5.92. The highest BCUT2D eigenvalue weighted by molar-refractivity contribution is 5.99. The van der Waals surface area contributed by atoms with Gasteiger partial charge in [0.25, 0.3) is 5.91 Å². The van der Waals surface area contributed by atoms with Crippen molar-refractivity contribution in [2.75, 3.05) is 26.2 Å². The number of rotatable bonds is 5. The molecular weight excluding hydrogens is 352 g/mol. The van der Waals surface area contributed by atoms with Crippen molar-refractivity contribution in [2.45, 2.75) is 26.7 Å². The first-order valence-electron chi connectivity index (χ1n) is 9.68. The zero-order valence-corrected chi connectivity index (χ0v) is 16.5. The lowest BCUT2D eigenvalue weighted by molar-refractivity contribution is -0.132. The van der Waals surface area contributed by atoms with E-state index in [9.17, 15) is 14.4 Å². The van der Waals surface area contributed by atoms with Crippen LogP contribution in [0.3, 0.4) is 0 Å². The summed E-state index contributed by atoms with van der Waals surface area (Å²) >= 11 is 0. The van der Waals surface area contributed by atoms with E-state index >= 15 is 0 Å². The Morgan fingerprint density at radius 1 is 0.821 bits per heavy atom. The van der Waals surface area contributed by atoms with Crippen molar-refractivity contribution in [3.8, 4) is 0 Å². The third-order valence-corrected chi connectivity index (χ3v) is 5.20. The van der Waals surface area contributed by atoms with Gasteiger partial charge in [-0.05, 0) is 31.5 Å². The van der Waals surface area contributed by atoms with E-state index in [-0.39, 0.29) is 30.4 Å². The third kappa shape index (κ3) is 4.66. The summed E-state index contributed by atoms with van der Waals surface area (Å²) in [7, 11) is 0. The molecule has 0 spiro atoms. The van der Waals surface area contributed by atoms with Gasteiger partial charge in [-0.3, -0.25) is 14.4 Å². The van der Waals surface area contributed by atoms with E-state index in [1.54, 1.807) is 15.9 Å². The molecule has 0 bridgehead atoms. The number of carbonyl (C=O) groups is 3. The van der Waals surface area contributed by atoms with Crippen molar-refractivity contribution >= 4 is 17.6 Å². The minimum Gasteiger partial charge on any atom is -0.339 e. The van der Waals surface area contributed by atoms with Crippen molar-refractivity contribution in [3.63, 3.8) is 0 Å². The molecular formula is C23H26N2O3. The molecule has 5 heteroatoms. The molecule has 0 unspecified atom stereocenters. The average Bonchev–Trinajstić information content (AvgIpc) is 2.71. The molecule has 2 aromatic carbocycles. The van der Waals surface area contributed by atoms with Gasteiger partial charge < -0.3 is 9.80 Å². The van der Waals surface area contributed by atoms with E-state index in [1.165, 1.54) is 0 Å². The summed E-state index contributed by atoms with van der Waals surface area (Å²) in [4.78, 5) is 41.0. The fraction of sp³-hybridized carbons (Fsp3) is 0.348. The van der Waals surface area contributed by atoms with Crippen LogP contribution in [0, 0.1) is 13.8 Å². The first-order chi connectivity index (χ1) is 13.5. The number of carbonyl (C=O) groups excluding carboxylic acids is 3. The minimum atomic E-state index is -0.0235. The number of benzene rings is 2. The molecule has 1 heterocycles. The minimum absolute atomic E-state index is 0.000267. The maximum absolute atomic E-state index is 12.6. The van der Waals surface area contributed by atoms with Crippen molar-refractivity contribution in [3.05, 3.63) is 70.8 Å². The molecule has 0 atom stereocenters. The molecule has 1 saturated heterocycles. The molecule has 3 rings (SSSR count). The Labute approximate surface area is 166 Å². The third-order valence-electron chi connectivity index (χ3n) is 5.20. The Bertz CT molecular complexity index is 883. The van der Waals surface area contributed by atoms with Gasteiger partial charge in [-0.1, -0.05) is 42.0 Å². The summed E-state index contributed by atoms with van der Waals surface area (Å²) in [6.07, 6.45) is 0.422. The molecule has 2 amide bonds. The SMILES string of the molecule is Cc1cccc(C(=O)N2CCN(C(=O)CCC(=O)c3ccccc3C)CC2)c1. The fourth-order valence-electron chi connectivity index (χ4n) is 3.52. The number of hydrogen-bond donors (Lipinski definition) is 0. The lowest BCUT2D eigenvalue weighted by Crippen LogP contribution is -2.50. The summed E-state index contributed by atoms with van der Waals surface area (Å²) in [5.74, 6) is -0.0187. The number of piperazine rings is 1. The van der Waals surface area contributed by atoms with Crippen LogP contribution >= 0.6 is 0 Å². The van der Waals surface area contributed by atoms with Crippen LogP contribution < -0.4 is 0 Å². The predicted molar refractivity (Wildman–Crippen MR) is 108 cm³/mol. The molecule has 0 saturated carbocycles. The van der Waals surface area contributed by atoms with E-state index in [0.29, 0.717) is 37.3 Å². The number of Topliss-reactive ketones (excluding diaryl/α,β-unsaturated/α-hetero) is 1. The Hall–Kier alpha value is -2.95. The van der Waals surface area contributed by atoms with Gasteiger partial charge in [0.05, 0.1) is 0 Å². The predicted octanol–water partition coefficient (Wildman–Crippen LogP) is 3.25. The van der Waals surface area contributed by atoms with E-state index in [0.717, 1.165) is 11.1 Å². The van der Waals surface area contributed by atoms with E-state index in [2.05, 4.69) is 0 Å². The van der Waals surface area contributed by atoms with Crippen LogP contribution in [0.2, 0.25) is 0 Å². The van der Waals surface area contributed by atoms with Gasteiger partial charge in [0.2, 0.25) is 5.91 Å². The molecule has 1 fully saturated rings. The lowest BCUT2D eigenvalue weighted by Gasteiger charge is -2.35. The standard InChI is InChI=1S/C23H26N2O3/c1-17-6-5-8-19(16-17)23(28)25-14-12-24(13-15-25)22(27)11-10-21(26)20-9-4-3-7-18(20)2/h3-9,16H,10-15H2,1-2H3. The Balaban J connectivity index is 1.49. The van der Waals surface area contributed by atoms with Gasteiger partial charge in [-0.25, -0.2) is 0 Å². The van der Waals surface area contributed by atoms with Gasteiger partial charge in [0, 0.05) is 50.1 Å². The molecule has 0 N–H and O–H groups in total. The maximum Gasteiger partial charge on any atom is 0.253 e. The van der Waals surface area contributed by atoms with Crippen molar-refractivity contribution < 1.29 is 14.4 Å². The van der Waals surface area contributed by atoms with Gasteiger partial charge >= 0.3 is 0 Å². The molecule has 1 aliphatic rings. The molecule has 146 valence electrons. The first-order valence-corrected chi connectivity index (χ1v) is 9.68. The zero-order valence-electron chi connectivity index (χ0n) is 16.5. The monoisotopic (exact) mass is 378 g/mol. The van der Waals surface area contributed by atoms with Gasteiger partial charge in [-0.15, -0.1) is 0 Å². The fourth-order valence-corrected chi connectivity index (χ4v) is 3.52. The largest absolute Gasteiger partial charge is 0.339 e. The molecule has 1 aliphatic heterocycles. The lowest BCUT2D eigenvalue weighted by atomic mass is 10.0. The zero-order chi connectivity index (χ0) is 20.1. The van der Waals surface area contributed by atoms with E-state index in [4.69, 9.17) is 0 Å². The maximum atomic E-state index is 12.6. The van der Waals surface area contributed by atoms with Crippen LogP contribution in [0.4, 0.5) is 0 Å². The van der Waals surface area contributed by atoms with Gasteiger partial charge in [-0.2, -0.15) is 0 Å². The summed E-state index contributed by atoms with van der Waals surface area (Å²) in [5.41, 5.74) is 3.36.